The molecular formula is C22H24N4O2S3. The number of carbonyl (C=O) groups excluding carboxylic acids is 2. The van der Waals surface area contributed by atoms with Gasteiger partial charge in [0, 0.05) is 15.1 Å². The fraction of sp³-hybridized carbons (Fsp3) is 0.455. The second kappa shape index (κ2) is 8.52. The number of hydrogen-bond donors (Lipinski definition) is 2. The van der Waals surface area contributed by atoms with Gasteiger partial charge in [0.1, 0.15) is 21.2 Å². The van der Waals surface area contributed by atoms with Crippen LogP contribution in [0.2, 0.25) is 0 Å². The number of carbonyl (C=O) groups is 2. The summed E-state index contributed by atoms with van der Waals surface area (Å²) < 4.78 is 0. The number of aryl methyl sites for hydroxylation is 3. The summed E-state index contributed by atoms with van der Waals surface area (Å²) in [4.78, 5) is 37.8. The molecule has 0 saturated carbocycles. The van der Waals surface area contributed by atoms with Crippen LogP contribution in [-0.2, 0) is 30.5 Å². The molecule has 6 nitrogen and oxygen atoms in total. The molecule has 0 aromatic carbocycles. The number of primary amides is 1. The molecule has 2 amide bonds. The number of thioether (sulfide) groups is 1. The minimum atomic E-state index is -0.461. The van der Waals surface area contributed by atoms with Crippen molar-refractivity contribution in [3.05, 3.63) is 32.8 Å². The van der Waals surface area contributed by atoms with Gasteiger partial charge in [-0.05, 0) is 69.4 Å². The number of nitrogens with two attached hydrogens (primary N) is 1. The first-order valence-electron chi connectivity index (χ1n) is 10.7. The minimum Gasteiger partial charge on any atom is -0.365 e. The second-order valence-corrected chi connectivity index (χ2v) is 11.6. The van der Waals surface area contributed by atoms with Gasteiger partial charge in [0.2, 0.25) is 5.91 Å². The van der Waals surface area contributed by atoms with Crippen LogP contribution >= 0.6 is 34.4 Å². The zero-order valence-electron chi connectivity index (χ0n) is 17.3. The molecule has 0 bridgehead atoms. The maximum atomic E-state index is 13.0. The molecule has 0 fully saturated rings. The Balaban J connectivity index is 1.39. The highest BCUT2D eigenvalue weighted by molar-refractivity contribution is 8.00. The van der Waals surface area contributed by atoms with E-state index in [1.165, 1.54) is 51.3 Å². The van der Waals surface area contributed by atoms with Crippen molar-refractivity contribution in [1.82, 2.24) is 9.97 Å². The number of rotatable bonds is 5. The number of hydrogen-bond acceptors (Lipinski definition) is 7. The molecule has 31 heavy (non-hydrogen) atoms. The summed E-state index contributed by atoms with van der Waals surface area (Å²) in [5.41, 5.74) is 8.56. The van der Waals surface area contributed by atoms with Gasteiger partial charge in [0.25, 0.3) is 5.91 Å². The van der Waals surface area contributed by atoms with E-state index >= 15 is 0 Å². The van der Waals surface area contributed by atoms with Gasteiger partial charge in [-0.3, -0.25) is 9.59 Å². The Kier molecular flexibility index (Phi) is 5.75. The average molecular weight is 473 g/mol. The molecule has 3 N–H and O–H groups in total. The molecule has 0 aliphatic heterocycles. The predicted molar refractivity (Wildman–Crippen MR) is 127 cm³/mol. The molecule has 3 heterocycles. The third-order valence-electron chi connectivity index (χ3n) is 6.03. The van der Waals surface area contributed by atoms with Crippen LogP contribution in [0.5, 0.6) is 0 Å². The summed E-state index contributed by atoms with van der Waals surface area (Å²) in [6.45, 7) is 1.88. The normalized spacial score (nSPS) is 16.5. The van der Waals surface area contributed by atoms with Crippen LogP contribution in [0.3, 0.4) is 0 Å². The van der Waals surface area contributed by atoms with Crippen LogP contribution in [0.4, 0.5) is 5.00 Å². The number of nitrogens with zero attached hydrogens (tertiary/aromatic N) is 2. The van der Waals surface area contributed by atoms with Crippen molar-refractivity contribution in [1.29, 1.82) is 0 Å². The number of aromatic nitrogens is 2. The van der Waals surface area contributed by atoms with Gasteiger partial charge in [0.05, 0.1) is 10.8 Å². The molecule has 0 saturated heterocycles. The zero-order valence-corrected chi connectivity index (χ0v) is 19.8. The lowest BCUT2D eigenvalue weighted by molar-refractivity contribution is -0.115. The van der Waals surface area contributed by atoms with Crippen LogP contribution in [-0.4, -0.2) is 27.0 Å². The molecular weight excluding hydrogens is 448 g/mol. The van der Waals surface area contributed by atoms with Crippen LogP contribution in [0.25, 0.3) is 10.2 Å². The molecule has 3 aromatic rings. The van der Waals surface area contributed by atoms with Gasteiger partial charge in [-0.15, -0.1) is 22.7 Å². The average Bonchev–Trinajstić information content (AvgIpc) is 3.31. The molecule has 0 spiro atoms. The van der Waals surface area contributed by atoms with Crippen molar-refractivity contribution in [2.24, 2.45) is 5.73 Å². The van der Waals surface area contributed by atoms with Crippen LogP contribution in [0, 0.1) is 0 Å². The fourth-order valence-electron chi connectivity index (χ4n) is 4.50. The van der Waals surface area contributed by atoms with Crippen molar-refractivity contribution < 1.29 is 9.59 Å². The van der Waals surface area contributed by atoms with Crippen LogP contribution in [0.1, 0.15) is 63.8 Å². The summed E-state index contributed by atoms with van der Waals surface area (Å²) in [5, 5.41) is 5.21. The Hall–Kier alpha value is -1.97. The van der Waals surface area contributed by atoms with E-state index in [9.17, 15) is 9.59 Å². The van der Waals surface area contributed by atoms with E-state index in [1.54, 1.807) is 17.7 Å². The first kappa shape index (κ1) is 20.9. The zero-order chi connectivity index (χ0) is 21.5. The molecule has 9 heteroatoms. The third-order valence-corrected chi connectivity index (χ3v) is 9.54. The van der Waals surface area contributed by atoms with Gasteiger partial charge < -0.3 is 11.1 Å². The van der Waals surface area contributed by atoms with Gasteiger partial charge in [-0.1, -0.05) is 11.8 Å². The highest BCUT2D eigenvalue weighted by Gasteiger charge is 2.27. The van der Waals surface area contributed by atoms with E-state index < -0.39 is 5.91 Å². The highest BCUT2D eigenvalue weighted by Crippen LogP contribution is 2.41. The smallest absolute Gasteiger partial charge is 0.251 e. The van der Waals surface area contributed by atoms with Crippen LogP contribution < -0.4 is 11.1 Å². The number of amides is 2. The number of anilines is 1. The van der Waals surface area contributed by atoms with E-state index in [0.29, 0.717) is 10.6 Å². The summed E-state index contributed by atoms with van der Waals surface area (Å²) in [7, 11) is 0. The Morgan fingerprint density at radius 1 is 1.03 bits per heavy atom. The van der Waals surface area contributed by atoms with Gasteiger partial charge in [-0.25, -0.2) is 9.97 Å². The lowest BCUT2D eigenvalue weighted by atomic mass is 9.95. The van der Waals surface area contributed by atoms with Crippen molar-refractivity contribution in [2.75, 3.05) is 5.32 Å². The molecule has 1 unspecified atom stereocenters. The van der Waals surface area contributed by atoms with Crippen LogP contribution in [0.15, 0.2) is 11.4 Å². The van der Waals surface area contributed by atoms with E-state index in [0.717, 1.165) is 59.3 Å². The Labute approximate surface area is 193 Å². The summed E-state index contributed by atoms with van der Waals surface area (Å²) in [6, 6.07) is 0. The number of fused-ring (bicyclic) bond motifs is 4. The first-order chi connectivity index (χ1) is 15.0. The van der Waals surface area contributed by atoms with E-state index in [1.807, 2.05) is 6.92 Å². The number of thiophene rings is 2. The molecule has 0 radical (unpaired) electrons. The Morgan fingerprint density at radius 2 is 1.71 bits per heavy atom. The summed E-state index contributed by atoms with van der Waals surface area (Å²) in [6.07, 6.45) is 10.1. The monoisotopic (exact) mass is 472 g/mol. The topological polar surface area (TPSA) is 98.0 Å². The molecule has 3 aromatic heterocycles. The molecule has 1 atom stereocenters. The molecule has 2 aliphatic carbocycles. The molecule has 162 valence electrons. The van der Waals surface area contributed by atoms with Gasteiger partial charge in [-0.2, -0.15) is 0 Å². The Morgan fingerprint density at radius 3 is 2.45 bits per heavy atom. The van der Waals surface area contributed by atoms with Crippen molar-refractivity contribution in [3.63, 3.8) is 0 Å². The number of nitrogens with one attached hydrogen (secondary N) is 1. The van der Waals surface area contributed by atoms with E-state index in [-0.39, 0.29) is 11.2 Å². The van der Waals surface area contributed by atoms with Crippen molar-refractivity contribution >= 4 is 61.5 Å². The highest BCUT2D eigenvalue weighted by atomic mass is 32.2. The summed E-state index contributed by atoms with van der Waals surface area (Å²) >= 11 is 4.72. The standard InChI is InChI=1S/C22H24N4O2S3/c1-11(19(28)26-22-16(18(23)27)12-6-2-4-8-14(12)31-22)29-20-17-13-7-3-5-9-15(13)30-21(17)25-10-24-20/h10-11H,2-9H2,1H3,(H2,23,27)(H,26,28). The largest absolute Gasteiger partial charge is 0.365 e. The fourth-order valence-corrected chi connectivity index (χ4v) is 8.04. The second-order valence-electron chi connectivity index (χ2n) is 8.10. The SMILES string of the molecule is CC(Sc1ncnc2sc3c(c12)CCCC3)C(=O)Nc1sc2c(c1C(N)=O)CCCC2. The lowest BCUT2D eigenvalue weighted by Crippen LogP contribution is -2.24. The third kappa shape index (κ3) is 3.87. The first-order valence-corrected chi connectivity index (χ1v) is 13.2. The molecule has 2 aliphatic rings. The maximum Gasteiger partial charge on any atom is 0.251 e. The van der Waals surface area contributed by atoms with Crippen molar-refractivity contribution in [3.8, 4) is 0 Å². The maximum absolute atomic E-state index is 13.0. The van der Waals surface area contributed by atoms with Gasteiger partial charge >= 0.3 is 0 Å². The van der Waals surface area contributed by atoms with Crippen molar-refractivity contribution in [2.45, 2.75) is 68.6 Å². The summed E-state index contributed by atoms with van der Waals surface area (Å²) in [5.74, 6) is -0.598. The Bertz CT molecular complexity index is 1180. The predicted octanol–water partition coefficient (Wildman–Crippen LogP) is 4.73. The molecule has 5 rings (SSSR count). The van der Waals surface area contributed by atoms with Gasteiger partial charge in [0.15, 0.2) is 0 Å². The minimum absolute atomic E-state index is 0.137. The van der Waals surface area contributed by atoms with E-state index in [2.05, 4.69) is 15.3 Å². The lowest BCUT2D eigenvalue weighted by Gasteiger charge is -2.14. The quantitative estimate of drug-likeness (QED) is 0.413. The van der Waals surface area contributed by atoms with E-state index in [4.69, 9.17) is 5.73 Å².